The van der Waals surface area contributed by atoms with E-state index in [9.17, 15) is 20.0 Å². The molecule has 0 spiro atoms. The average Bonchev–Trinajstić information content (AvgIpc) is 2.86. The van der Waals surface area contributed by atoms with E-state index in [1.807, 2.05) is 6.92 Å². The fourth-order valence-corrected chi connectivity index (χ4v) is 2.57. The molecule has 2 atom stereocenters. The Morgan fingerprint density at radius 1 is 1.57 bits per heavy atom. The summed E-state index contributed by atoms with van der Waals surface area (Å²) in [7, 11) is 0. The number of nitro benzene ring substituents is 1. The van der Waals surface area contributed by atoms with Gasteiger partial charge in [0.15, 0.2) is 0 Å². The Morgan fingerprint density at radius 2 is 2.33 bits per heavy atom. The Kier molecular flexibility index (Phi) is 4.70. The molecule has 1 aromatic rings. The minimum absolute atomic E-state index is 0.00683. The van der Waals surface area contributed by atoms with Crippen LogP contribution >= 0.6 is 0 Å². The second-order valence-corrected chi connectivity index (χ2v) is 5.23. The van der Waals surface area contributed by atoms with Gasteiger partial charge in [-0.3, -0.25) is 14.9 Å². The number of aliphatic hydroxyl groups excluding tert-OH is 1. The third-order valence-corrected chi connectivity index (χ3v) is 3.85. The van der Waals surface area contributed by atoms with Crippen LogP contribution in [0.5, 0.6) is 0 Å². The van der Waals surface area contributed by atoms with Gasteiger partial charge in [0, 0.05) is 24.8 Å². The number of aliphatic hydroxyl groups is 1. The zero-order chi connectivity index (χ0) is 15.4. The van der Waals surface area contributed by atoms with Crippen LogP contribution in [-0.4, -0.2) is 40.0 Å². The molecule has 6 heteroatoms. The molecule has 0 saturated carbocycles. The normalized spacial score (nSPS) is 21.9. The predicted molar refractivity (Wildman–Crippen MR) is 78.5 cm³/mol. The molecule has 0 bridgehead atoms. The molecule has 0 aliphatic carbocycles. The first kappa shape index (κ1) is 15.2. The fourth-order valence-electron chi connectivity index (χ4n) is 2.57. The number of rotatable bonds is 4. The highest BCUT2D eigenvalue weighted by Gasteiger charge is 2.32. The second-order valence-electron chi connectivity index (χ2n) is 5.23. The lowest BCUT2D eigenvalue weighted by Gasteiger charge is -2.23. The molecule has 1 saturated heterocycles. The summed E-state index contributed by atoms with van der Waals surface area (Å²) in [5, 5.41) is 20.0. The molecule has 1 aromatic carbocycles. The molecule has 2 unspecified atom stereocenters. The van der Waals surface area contributed by atoms with Crippen molar-refractivity contribution in [3.63, 3.8) is 0 Å². The molecule has 21 heavy (non-hydrogen) atoms. The van der Waals surface area contributed by atoms with Crippen LogP contribution < -0.4 is 0 Å². The van der Waals surface area contributed by atoms with Crippen molar-refractivity contribution in [3.05, 3.63) is 46.0 Å². The molecule has 0 radical (unpaired) electrons. The summed E-state index contributed by atoms with van der Waals surface area (Å²) >= 11 is 0. The van der Waals surface area contributed by atoms with Crippen LogP contribution in [-0.2, 0) is 4.79 Å². The number of nitrogens with zero attached hydrogens (tertiary/aromatic N) is 2. The van der Waals surface area contributed by atoms with Crippen LogP contribution in [0.2, 0.25) is 0 Å². The number of carbonyl (C=O) groups excluding carboxylic acids is 1. The second kappa shape index (κ2) is 6.49. The number of non-ortho nitro benzene ring substituents is 1. The van der Waals surface area contributed by atoms with Crippen molar-refractivity contribution in [1.29, 1.82) is 0 Å². The van der Waals surface area contributed by atoms with Gasteiger partial charge < -0.3 is 10.0 Å². The Bertz CT molecular complexity index is 571. The van der Waals surface area contributed by atoms with E-state index in [0.29, 0.717) is 12.1 Å². The summed E-state index contributed by atoms with van der Waals surface area (Å²) in [5.41, 5.74) is 0.595. The van der Waals surface area contributed by atoms with Gasteiger partial charge in [0.25, 0.3) is 5.69 Å². The highest BCUT2D eigenvalue weighted by molar-refractivity contribution is 5.92. The van der Waals surface area contributed by atoms with E-state index in [4.69, 9.17) is 0 Å². The van der Waals surface area contributed by atoms with Crippen molar-refractivity contribution in [3.8, 4) is 0 Å². The van der Waals surface area contributed by atoms with Gasteiger partial charge in [-0.15, -0.1) is 0 Å². The van der Waals surface area contributed by atoms with E-state index in [1.54, 1.807) is 23.1 Å². The zero-order valence-electron chi connectivity index (χ0n) is 11.8. The Morgan fingerprint density at radius 3 is 3.00 bits per heavy atom. The minimum Gasteiger partial charge on any atom is -0.394 e. The maximum absolute atomic E-state index is 12.1. The van der Waals surface area contributed by atoms with Crippen molar-refractivity contribution in [2.24, 2.45) is 5.92 Å². The third kappa shape index (κ3) is 3.46. The first-order valence-corrected chi connectivity index (χ1v) is 6.87. The summed E-state index contributed by atoms with van der Waals surface area (Å²) in [4.78, 5) is 24.0. The molecular weight excluding hydrogens is 272 g/mol. The van der Waals surface area contributed by atoms with Gasteiger partial charge in [-0.05, 0) is 24.0 Å². The number of nitro groups is 1. The standard InChI is InChI=1S/C15H18N2O4/c1-11-7-8-16(14(11)10-18)15(19)6-5-12-3-2-4-13(9-12)17(20)21/h2-6,9,11,14,18H,7-8,10H2,1H3/b6-5+. The first-order valence-electron chi connectivity index (χ1n) is 6.87. The van der Waals surface area contributed by atoms with Crippen molar-refractivity contribution >= 4 is 17.7 Å². The van der Waals surface area contributed by atoms with Crippen LogP contribution in [0.1, 0.15) is 18.9 Å². The maximum Gasteiger partial charge on any atom is 0.270 e. The summed E-state index contributed by atoms with van der Waals surface area (Å²) in [6.07, 6.45) is 3.84. The Balaban J connectivity index is 2.09. The van der Waals surface area contributed by atoms with Crippen molar-refractivity contribution in [2.45, 2.75) is 19.4 Å². The maximum atomic E-state index is 12.1. The van der Waals surface area contributed by atoms with Gasteiger partial charge in [0.2, 0.25) is 5.91 Å². The first-order chi connectivity index (χ1) is 10.0. The van der Waals surface area contributed by atoms with E-state index in [0.717, 1.165) is 6.42 Å². The largest absolute Gasteiger partial charge is 0.394 e. The molecule has 1 amide bonds. The average molecular weight is 290 g/mol. The summed E-state index contributed by atoms with van der Waals surface area (Å²) in [5.74, 6) is 0.107. The van der Waals surface area contributed by atoms with Gasteiger partial charge in [-0.25, -0.2) is 0 Å². The van der Waals surface area contributed by atoms with Crippen LogP contribution in [0.3, 0.4) is 0 Å². The number of amides is 1. The topological polar surface area (TPSA) is 83.7 Å². The van der Waals surface area contributed by atoms with Crippen LogP contribution in [0, 0.1) is 16.0 Å². The monoisotopic (exact) mass is 290 g/mol. The Labute approximate surface area is 122 Å². The lowest BCUT2D eigenvalue weighted by Crippen LogP contribution is -2.38. The zero-order valence-corrected chi connectivity index (χ0v) is 11.8. The lowest BCUT2D eigenvalue weighted by atomic mass is 10.0. The van der Waals surface area contributed by atoms with E-state index in [-0.39, 0.29) is 30.2 Å². The summed E-state index contributed by atoms with van der Waals surface area (Å²) in [6.45, 7) is 2.60. The van der Waals surface area contributed by atoms with Crippen molar-refractivity contribution in [1.82, 2.24) is 4.90 Å². The SMILES string of the molecule is CC1CCN(C(=O)/C=C/c2cccc([N+](=O)[O-])c2)C1CO. The van der Waals surface area contributed by atoms with Gasteiger partial charge in [0.1, 0.15) is 0 Å². The minimum atomic E-state index is -0.469. The molecule has 6 nitrogen and oxygen atoms in total. The smallest absolute Gasteiger partial charge is 0.270 e. The van der Waals surface area contributed by atoms with Gasteiger partial charge >= 0.3 is 0 Å². The molecule has 1 N–H and O–H groups in total. The molecule has 1 fully saturated rings. The van der Waals surface area contributed by atoms with Crippen LogP contribution in [0.15, 0.2) is 30.3 Å². The molecule has 112 valence electrons. The molecular formula is C15H18N2O4. The number of carbonyl (C=O) groups is 1. The van der Waals surface area contributed by atoms with Gasteiger partial charge in [-0.2, -0.15) is 0 Å². The molecule has 1 aliphatic heterocycles. The molecule has 1 heterocycles. The number of benzene rings is 1. The summed E-state index contributed by atoms with van der Waals surface area (Å²) < 4.78 is 0. The van der Waals surface area contributed by atoms with Gasteiger partial charge in [0.05, 0.1) is 17.6 Å². The van der Waals surface area contributed by atoms with Crippen LogP contribution in [0.4, 0.5) is 5.69 Å². The number of likely N-dealkylation sites (tertiary alicyclic amines) is 1. The molecule has 2 rings (SSSR count). The van der Waals surface area contributed by atoms with Crippen LogP contribution in [0.25, 0.3) is 6.08 Å². The van der Waals surface area contributed by atoms with E-state index in [2.05, 4.69) is 0 Å². The highest BCUT2D eigenvalue weighted by Crippen LogP contribution is 2.24. The van der Waals surface area contributed by atoms with Crippen molar-refractivity contribution in [2.75, 3.05) is 13.2 Å². The van der Waals surface area contributed by atoms with E-state index in [1.165, 1.54) is 18.2 Å². The highest BCUT2D eigenvalue weighted by atomic mass is 16.6. The third-order valence-electron chi connectivity index (χ3n) is 3.85. The Hall–Kier alpha value is -2.21. The lowest BCUT2D eigenvalue weighted by molar-refractivity contribution is -0.384. The van der Waals surface area contributed by atoms with E-state index >= 15 is 0 Å². The number of hydrogen-bond acceptors (Lipinski definition) is 4. The fraction of sp³-hybridized carbons (Fsp3) is 0.400. The quantitative estimate of drug-likeness (QED) is 0.521. The summed E-state index contributed by atoms with van der Waals surface area (Å²) in [6, 6.07) is 5.96. The van der Waals surface area contributed by atoms with Crippen molar-refractivity contribution < 1.29 is 14.8 Å². The predicted octanol–water partition coefficient (Wildman–Crippen LogP) is 1.84. The molecule has 0 aromatic heterocycles. The molecule has 1 aliphatic rings. The number of hydrogen-bond donors (Lipinski definition) is 1. The van der Waals surface area contributed by atoms with Gasteiger partial charge in [-0.1, -0.05) is 19.1 Å². The van der Waals surface area contributed by atoms with E-state index < -0.39 is 4.92 Å².